The molecule has 0 spiro atoms. The Balaban J connectivity index is 1.51. The van der Waals surface area contributed by atoms with Crippen molar-refractivity contribution in [2.24, 2.45) is 0 Å². The van der Waals surface area contributed by atoms with Gasteiger partial charge in [0.05, 0.1) is 0 Å². The highest BCUT2D eigenvalue weighted by molar-refractivity contribution is 5.93. The molecule has 1 N–H and O–H groups in total. The van der Waals surface area contributed by atoms with Crippen LogP contribution in [0.3, 0.4) is 0 Å². The van der Waals surface area contributed by atoms with Crippen molar-refractivity contribution in [2.45, 2.75) is 6.54 Å². The minimum atomic E-state index is -0.656. The zero-order valence-electron chi connectivity index (χ0n) is 12.3. The molecule has 0 aliphatic carbocycles. The Morgan fingerprint density at radius 2 is 1.74 bits per heavy atom. The van der Waals surface area contributed by atoms with Crippen molar-refractivity contribution in [3.05, 3.63) is 72.0 Å². The van der Waals surface area contributed by atoms with E-state index in [0.717, 1.165) is 10.9 Å². The Morgan fingerprint density at radius 1 is 1.00 bits per heavy atom. The number of amides is 1. The Kier molecular flexibility index (Phi) is 4.38. The van der Waals surface area contributed by atoms with Gasteiger partial charge in [-0.05, 0) is 17.7 Å². The fourth-order valence-electron chi connectivity index (χ4n) is 2.13. The molecule has 5 nitrogen and oxygen atoms in total. The second kappa shape index (κ2) is 6.79. The van der Waals surface area contributed by atoms with Gasteiger partial charge in [-0.25, -0.2) is 4.79 Å². The van der Waals surface area contributed by atoms with Crippen LogP contribution >= 0.6 is 0 Å². The van der Waals surface area contributed by atoms with Crippen LogP contribution < -0.4 is 5.32 Å². The fourth-order valence-corrected chi connectivity index (χ4v) is 2.13. The van der Waals surface area contributed by atoms with Gasteiger partial charge in [0.15, 0.2) is 6.61 Å². The number of furan rings is 1. The van der Waals surface area contributed by atoms with Crippen LogP contribution in [-0.4, -0.2) is 18.5 Å². The summed E-state index contributed by atoms with van der Waals surface area (Å²) in [5, 5.41) is 3.50. The monoisotopic (exact) mass is 309 g/mol. The molecule has 116 valence electrons. The zero-order chi connectivity index (χ0) is 16.1. The maximum absolute atomic E-state index is 11.9. The highest BCUT2D eigenvalue weighted by atomic mass is 16.5. The number of hydrogen-bond donors (Lipinski definition) is 1. The zero-order valence-corrected chi connectivity index (χ0v) is 12.3. The number of carbonyl (C=O) groups is 2. The summed E-state index contributed by atoms with van der Waals surface area (Å²) in [4.78, 5) is 23.6. The third-order valence-electron chi connectivity index (χ3n) is 3.29. The van der Waals surface area contributed by atoms with Gasteiger partial charge in [0.2, 0.25) is 5.76 Å². The quantitative estimate of drug-likeness (QED) is 0.736. The first-order valence-electron chi connectivity index (χ1n) is 7.19. The van der Waals surface area contributed by atoms with Crippen LogP contribution in [0.5, 0.6) is 0 Å². The number of nitrogens with one attached hydrogen (secondary N) is 1. The average molecular weight is 309 g/mol. The Hall–Kier alpha value is -3.08. The topological polar surface area (TPSA) is 68.5 Å². The van der Waals surface area contributed by atoms with Crippen LogP contribution in [0.25, 0.3) is 11.0 Å². The third kappa shape index (κ3) is 3.77. The van der Waals surface area contributed by atoms with Gasteiger partial charge in [0.25, 0.3) is 5.91 Å². The van der Waals surface area contributed by atoms with Crippen molar-refractivity contribution < 1.29 is 18.7 Å². The van der Waals surface area contributed by atoms with E-state index in [9.17, 15) is 9.59 Å². The number of rotatable bonds is 5. The van der Waals surface area contributed by atoms with E-state index in [4.69, 9.17) is 9.15 Å². The molecule has 0 unspecified atom stereocenters. The number of fused-ring (bicyclic) bond motifs is 1. The average Bonchev–Trinajstić information content (AvgIpc) is 3.03. The lowest BCUT2D eigenvalue weighted by molar-refractivity contribution is -0.124. The second-order valence-electron chi connectivity index (χ2n) is 4.99. The van der Waals surface area contributed by atoms with Gasteiger partial charge in [0, 0.05) is 11.9 Å². The van der Waals surface area contributed by atoms with Gasteiger partial charge in [-0.15, -0.1) is 0 Å². The normalized spacial score (nSPS) is 10.4. The number of esters is 1. The molecule has 1 aromatic heterocycles. The van der Waals surface area contributed by atoms with E-state index in [2.05, 4.69) is 5.32 Å². The standard InChI is InChI=1S/C18H15NO4/c20-17(19-11-13-6-2-1-3-7-13)12-22-18(21)16-10-14-8-4-5-9-15(14)23-16/h1-10H,11-12H2,(H,19,20). The number of ether oxygens (including phenoxy) is 1. The summed E-state index contributed by atoms with van der Waals surface area (Å²) in [6.45, 7) is 0.0462. The Morgan fingerprint density at radius 3 is 2.52 bits per heavy atom. The van der Waals surface area contributed by atoms with Crippen molar-refractivity contribution in [1.82, 2.24) is 5.32 Å². The number of para-hydroxylation sites is 1. The largest absolute Gasteiger partial charge is 0.450 e. The van der Waals surface area contributed by atoms with Crippen LogP contribution in [0, 0.1) is 0 Å². The molecule has 0 aliphatic heterocycles. The van der Waals surface area contributed by atoms with E-state index in [1.165, 1.54) is 0 Å². The molecule has 0 atom stereocenters. The molecule has 1 amide bonds. The van der Waals surface area contributed by atoms with Crippen molar-refractivity contribution in [1.29, 1.82) is 0 Å². The van der Waals surface area contributed by atoms with Crippen LogP contribution in [0.4, 0.5) is 0 Å². The first-order valence-corrected chi connectivity index (χ1v) is 7.19. The molecular weight excluding hydrogens is 294 g/mol. The van der Waals surface area contributed by atoms with Crippen LogP contribution in [0.2, 0.25) is 0 Å². The van der Waals surface area contributed by atoms with E-state index in [1.807, 2.05) is 48.5 Å². The number of benzene rings is 2. The number of hydrogen-bond acceptors (Lipinski definition) is 4. The second-order valence-corrected chi connectivity index (χ2v) is 4.99. The molecule has 0 fully saturated rings. The molecule has 0 saturated heterocycles. The Labute approximate surface area is 132 Å². The van der Waals surface area contributed by atoms with Gasteiger partial charge in [-0.3, -0.25) is 4.79 Å². The SMILES string of the molecule is O=C(COC(=O)c1cc2ccccc2o1)NCc1ccccc1. The summed E-state index contributed by atoms with van der Waals surface area (Å²) in [5.74, 6) is -0.934. The van der Waals surface area contributed by atoms with Gasteiger partial charge in [-0.1, -0.05) is 48.5 Å². The molecule has 0 radical (unpaired) electrons. The highest BCUT2D eigenvalue weighted by Gasteiger charge is 2.15. The molecule has 0 saturated carbocycles. The molecule has 1 heterocycles. The lowest BCUT2D eigenvalue weighted by Gasteiger charge is -2.05. The molecule has 0 bridgehead atoms. The minimum Gasteiger partial charge on any atom is -0.450 e. The molecule has 23 heavy (non-hydrogen) atoms. The smallest absolute Gasteiger partial charge is 0.374 e. The minimum absolute atomic E-state index is 0.0852. The van der Waals surface area contributed by atoms with Crippen molar-refractivity contribution in [3.8, 4) is 0 Å². The van der Waals surface area contributed by atoms with Gasteiger partial charge < -0.3 is 14.5 Å². The van der Waals surface area contributed by atoms with Crippen LogP contribution in [0.1, 0.15) is 16.1 Å². The lowest BCUT2D eigenvalue weighted by Crippen LogP contribution is -2.28. The van der Waals surface area contributed by atoms with E-state index >= 15 is 0 Å². The highest BCUT2D eigenvalue weighted by Crippen LogP contribution is 2.19. The lowest BCUT2D eigenvalue weighted by atomic mass is 10.2. The molecule has 0 aliphatic rings. The molecule has 2 aromatic carbocycles. The predicted octanol–water partition coefficient (Wildman–Crippen LogP) is 2.91. The summed E-state index contributed by atoms with van der Waals surface area (Å²) >= 11 is 0. The maximum Gasteiger partial charge on any atom is 0.374 e. The van der Waals surface area contributed by atoms with E-state index in [0.29, 0.717) is 12.1 Å². The maximum atomic E-state index is 11.9. The van der Waals surface area contributed by atoms with Gasteiger partial charge in [0.1, 0.15) is 5.58 Å². The molecule has 3 aromatic rings. The molecular formula is C18H15NO4. The predicted molar refractivity (Wildman–Crippen MR) is 84.8 cm³/mol. The van der Waals surface area contributed by atoms with Crippen molar-refractivity contribution >= 4 is 22.8 Å². The van der Waals surface area contributed by atoms with Crippen LogP contribution in [0.15, 0.2) is 65.1 Å². The fraction of sp³-hybridized carbons (Fsp3) is 0.111. The first-order chi connectivity index (χ1) is 11.2. The van der Waals surface area contributed by atoms with Crippen molar-refractivity contribution in [2.75, 3.05) is 6.61 Å². The van der Waals surface area contributed by atoms with E-state index in [-0.39, 0.29) is 18.3 Å². The number of carbonyl (C=O) groups excluding carboxylic acids is 2. The third-order valence-corrected chi connectivity index (χ3v) is 3.29. The van der Waals surface area contributed by atoms with Gasteiger partial charge >= 0.3 is 5.97 Å². The Bertz CT molecular complexity index is 790. The van der Waals surface area contributed by atoms with Gasteiger partial charge in [-0.2, -0.15) is 0 Å². The summed E-state index contributed by atoms with van der Waals surface area (Å²) < 4.78 is 10.3. The molecule has 3 rings (SSSR count). The summed E-state index contributed by atoms with van der Waals surface area (Å²) in [5.41, 5.74) is 1.58. The molecule has 5 heteroatoms. The first kappa shape index (κ1) is 14.8. The summed E-state index contributed by atoms with van der Waals surface area (Å²) in [6, 6.07) is 18.4. The van der Waals surface area contributed by atoms with Crippen LogP contribution in [-0.2, 0) is 16.1 Å². The van der Waals surface area contributed by atoms with Crippen molar-refractivity contribution in [3.63, 3.8) is 0 Å². The van der Waals surface area contributed by atoms with E-state index in [1.54, 1.807) is 12.1 Å². The van der Waals surface area contributed by atoms with E-state index < -0.39 is 5.97 Å². The summed E-state index contributed by atoms with van der Waals surface area (Å²) in [7, 11) is 0. The summed E-state index contributed by atoms with van der Waals surface area (Å²) in [6.07, 6.45) is 0.